The number of nitrogens with two attached hydrogens (primary N) is 1. The number of nitrogens with zero attached hydrogens (tertiary/aromatic N) is 1. The summed E-state index contributed by atoms with van der Waals surface area (Å²) in [5.41, 5.74) is 6.85. The topological polar surface area (TPSA) is 47.6 Å². The fourth-order valence-electron chi connectivity index (χ4n) is 1.18. The van der Waals surface area contributed by atoms with Crippen LogP contribution in [0.1, 0.15) is 12.0 Å². The van der Waals surface area contributed by atoms with Gasteiger partial charge in [0.05, 0.1) is 12.9 Å². The Kier molecular flexibility index (Phi) is 3.98. The molecule has 0 aliphatic rings. The molecule has 1 aromatic carbocycles. The van der Waals surface area contributed by atoms with E-state index in [9.17, 15) is 0 Å². The van der Waals surface area contributed by atoms with Crippen LogP contribution in [0, 0.1) is 0 Å². The van der Waals surface area contributed by atoms with E-state index < -0.39 is 0 Å². The van der Waals surface area contributed by atoms with Crippen molar-refractivity contribution in [1.29, 1.82) is 0 Å². The van der Waals surface area contributed by atoms with Crippen LogP contribution in [0.2, 0.25) is 0 Å². The molecule has 0 aliphatic heterocycles. The summed E-state index contributed by atoms with van der Waals surface area (Å²) in [5.74, 6) is 1.58. The van der Waals surface area contributed by atoms with Crippen LogP contribution in [-0.4, -0.2) is 20.0 Å². The van der Waals surface area contributed by atoms with E-state index in [2.05, 4.69) is 4.99 Å². The van der Waals surface area contributed by atoms with Gasteiger partial charge < -0.3 is 10.5 Å². The maximum Gasteiger partial charge on any atom is 0.118 e. The lowest BCUT2D eigenvalue weighted by Crippen LogP contribution is -2.12. The second kappa shape index (κ2) is 5.27. The Labute approximate surface area is 84.6 Å². The van der Waals surface area contributed by atoms with Crippen LogP contribution >= 0.6 is 0 Å². The third-order valence-electron chi connectivity index (χ3n) is 2.12. The standard InChI is InChI=1S/C11H16N2O/c1-13-11(12)8-5-9-3-6-10(14-2)7-4-9/h3-4,6-7H,5,8H2,1-2H3,(H2,12,13). The monoisotopic (exact) mass is 192 g/mol. The lowest BCUT2D eigenvalue weighted by molar-refractivity contribution is 0.414. The van der Waals surface area contributed by atoms with E-state index in [0.717, 1.165) is 18.6 Å². The fourth-order valence-corrected chi connectivity index (χ4v) is 1.18. The summed E-state index contributed by atoms with van der Waals surface area (Å²) in [6.07, 6.45) is 1.73. The van der Waals surface area contributed by atoms with Crippen LogP contribution in [0.5, 0.6) is 5.75 Å². The normalized spacial score (nSPS) is 11.4. The number of hydrogen-bond acceptors (Lipinski definition) is 2. The van der Waals surface area contributed by atoms with Gasteiger partial charge in [-0.25, -0.2) is 0 Å². The maximum absolute atomic E-state index is 5.60. The second-order valence-corrected chi connectivity index (χ2v) is 3.06. The lowest BCUT2D eigenvalue weighted by atomic mass is 10.1. The molecule has 0 atom stereocenters. The summed E-state index contributed by atoms with van der Waals surface area (Å²) in [7, 11) is 3.38. The van der Waals surface area contributed by atoms with Gasteiger partial charge in [0, 0.05) is 13.5 Å². The van der Waals surface area contributed by atoms with E-state index in [1.54, 1.807) is 14.2 Å². The Balaban J connectivity index is 2.52. The predicted octanol–water partition coefficient (Wildman–Crippen LogP) is 1.61. The molecule has 0 aliphatic carbocycles. The Bertz CT molecular complexity index is 304. The van der Waals surface area contributed by atoms with Crippen molar-refractivity contribution in [2.75, 3.05) is 14.2 Å². The average Bonchev–Trinajstić information content (AvgIpc) is 2.26. The predicted molar refractivity (Wildman–Crippen MR) is 58.9 cm³/mol. The van der Waals surface area contributed by atoms with Gasteiger partial charge in [0.2, 0.25) is 0 Å². The highest BCUT2D eigenvalue weighted by Gasteiger charge is 1.96. The minimum atomic E-state index is 0.695. The molecule has 0 saturated heterocycles. The van der Waals surface area contributed by atoms with Crippen molar-refractivity contribution in [1.82, 2.24) is 0 Å². The highest BCUT2D eigenvalue weighted by Crippen LogP contribution is 2.12. The molecule has 76 valence electrons. The van der Waals surface area contributed by atoms with Crippen LogP contribution < -0.4 is 10.5 Å². The number of aliphatic imine (C=N–C) groups is 1. The van der Waals surface area contributed by atoms with Gasteiger partial charge in [-0.05, 0) is 24.1 Å². The van der Waals surface area contributed by atoms with Gasteiger partial charge in [-0.3, -0.25) is 4.99 Å². The van der Waals surface area contributed by atoms with Crippen molar-refractivity contribution in [3.63, 3.8) is 0 Å². The first kappa shape index (κ1) is 10.6. The zero-order valence-electron chi connectivity index (χ0n) is 8.66. The van der Waals surface area contributed by atoms with Gasteiger partial charge in [0.1, 0.15) is 5.75 Å². The van der Waals surface area contributed by atoms with Crippen LogP contribution in [0.25, 0.3) is 0 Å². The number of amidine groups is 1. The van der Waals surface area contributed by atoms with Gasteiger partial charge in [-0.2, -0.15) is 0 Å². The molecule has 0 aromatic heterocycles. The van der Waals surface area contributed by atoms with Gasteiger partial charge in [-0.1, -0.05) is 12.1 Å². The molecule has 3 heteroatoms. The SMILES string of the molecule is CN=C(N)CCc1ccc(OC)cc1. The average molecular weight is 192 g/mol. The molecule has 14 heavy (non-hydrogen) atoms. The van der Waals surface area contributed by atoms with Gasteiger partial charge in [0.25, 0.3) is 0 Å². The van der Waals surface area contributed by atoms with Crippen LogP contribution in [0.4, 0.5) is 0 Å². The first-order chi connectivity index (χ1) is 6.76. The van der Waals surface area contributed by atoms with E-state index in [0.29, 0.717) is 5.84 Å². The van der Waals surface area contributed by atoms with Crippen molar-refractivity contribution in [2.45, 2.75) is 12.8 Å². The molecule has 3 nitrogen and oxygen atoms in total. The van der Waals surface area contributed by atoms with Gasteiger partial charge >= 0.3 is 0 Å². The first-order valence-corrected chi connectivity index (χ1v) is 4.60. The number of aryl methyl sites for hydroxylation is 1. The third kappa shape index (κ3) is 3.09. The summed E-state index contributed by atoms with van der Waals surface area (Å²) in [6.45, 7) is 0. The molecule has 0 unspecified atom stereocenters. The van der Waals surface area contributed by atoms with E-state index in [-0.39, 0.29) is 0 Å². The smallest absolute Gasteiger partial charge is 0.118 e. The molecule has 0 fully saturated rings. The quantitative estimate of drug-likeness (QED) is 0.582. The second-order valence-electron chi connectivity index (χ2n) is 3.06. The van der Waals surface area contributed by atoms with E-state index in [1.807, 2.05) is 24.3 Å². The third-order valence-corrected chi connectivity index (χ3v) is 2.12. The first-order valence-electron chi connectivity index (χ1n) is 4.60. The molecular formula is C11H16N2O. The summed E-state index contributed by atoms with van der Waals surface area (Å²) in [6, 6.07) is 7.99. The summed E-state index contributed by atoms with van der Waals surface area (Å²) >= 11 is 0. The van der Waals surface area contributed by atoms with E-state index in [4.69, 9.17) is 10.5 Å². The Morgan fingerprint density at radius 3 is 2.50 bits per heavy atom. The summed E-state index contributed by atoms with van der Waals surface area (Å²) in [5, 5.41) is 0. The van der Waals surface area contributed by atoms with Crippen LogP contribution in [0.15, 0.2) is 29.3 Å². The Hall–Kier alpha value is -1.51. The van der Waals surface area contributed by atoms with E-state index >= 15 is 0 Å². The molecule has 0 amide bonds. The molecule has 2 N–H and O–H groups in total. The maximum atomic E-state index is 5.60. The van der Waals surface area contributed by atoms with Crippen molar-refractivity contribution in [2.24, 2.45) is 10.7 Å². The zero-order valence-corrected chi connectivity index (χ0v) is 8.66. The molecular weight excluding hydrogens is 176 g/mol. The molecule has 0 saturated carbocycles. The number of hydrogen-bond donors (Lipinski definition) is 1. The molecule has 0 spiro atoms. The van der Waals surface area contributed by atoms with Crippen LogP contribution in [-0.2, 0) is 6.42 Å². The van der Waals surface area contributed by atoms with Gasteiger partial charge in [0.15, 0.2) is 0 Å². The zero-order chi connectivity index (χ0) is 10.4. The number of methoxy groups -OCH3 is 1. The van der Waals surface area contributed by atoms with Crippen molar-refractivity contribution < 1.29 is 4.74 Å². The molecule has 1 rings (SSSR count). The van der Waals surface area contributed by atoms with Gasteiger partial charge in [-0.15, -0.1) is 0 Å². The Morgan fingerprint density at radius 1 is 1.36 bits per heavy atom. The molecule has 0 bridgehead atoms. The molecule has 0 radical (unpaired) electrons. The fraction of sp³-hybridized carbons (Fsp3) is 0.364. The molecule has 1 aromatic rings. The van der Waals surface area contributed by atoms with Crippen molar-refractivity contribution in [3.8, 4) is 5.75 Å². The Morgan fingerprint density at radius 2 is 2.00 bits per heavy atom. The number of benzene rings is 1. The van der Waals surface area contributed by atoms with Crippen molar-refractivity contribution >= 4 is 5.84 Å². The highest BCUT2D eigenvalue weighted by atomic mass is 16.5. The highest BCUT2D eigenvalue weighted by molar-refractivity contribution is 5.80. The van der Waals surface area contributed by atoms with Crippen LogP contribution in [0.3, 0.4) is 0 Å². The van der Waals surface area contributed by atoms with Crippen molar-refractivity contribution in [3.05, 3.63) is 29.8 Å². The minimum absolute atomic E-state index is 0.695. The number of ether oxygens (including phenoxy) is 1. The molecule has 0 heterocycles. The number of rotatable bonds is 4. The van der Waals surface area contributed by atoms with E-state index in [1.165, 1.54) is 5.56 Å². The summed E-state index contributed by atoms with van der Waals surface area (Å²) < 4.78 is 5.07. The lowest BCUT2D eigenvalue weighted by Gasteiger charge is -2.02. The largest absolute Gasteiger partial charge is 0.497 e. The summed E-state index contributed by atoms with van der Waals surface area (Å²) in [4.78, 5) is 3.91. The minimum Gasteiger partial charge on any atom is -0.497 e.